The molecule has 1 aromatic rings. The Bertz CT molecular complexity index is 318. The Labute approximate surface area is 106 Å². The standard InChI is InChI=1S/C10H16N4S2/c1-2-14(10(11)15)5-6-16-8-9-7-12-3-4-13-9/h3-4,7H,2,5-6,8H2,1H3,(H2,11,15). The van der Waals surface area contributed by atoms with Gasteiger partial charge >= 0.3 is 0 Å². The number of thiocarbonyl (C=S) groups is 1. The van der Waals surface area contributed by atoms with Crippen molar-refractivity contribution in [2.24, 2.45) is 5.73 Å². The van der Waals surface area contributed by atoms with Crippen molar-refractivity contribution in [3.8, 4) is 0 Å². The number of thioether (sulfide) groups is 1. The van der Waals surface area contributed by atoms with Crippen molar-refractivity contribution in [1.29, 1.82) is 0 Å². The molecule has 0 fully saturated rings. The third-order valence-corrected chi connectivity index (χ3v) is 3.29. The zero-order valence-electron chi connectivity index (χ0n) is 9.30. The summed E-state index contributed by atoms with van der Waals surface area (Å²) in [7, 11) is 0. The summed E-state index contributed by atoms with van der Waals surface area (Å²) in [4.78, 5) is 10.2. The Kier molecular flexibility index (Phi) is 6.10. The van der Waals surface area contributed by atoms with Crippen LogP contribution in [0.15, 0.2) is 18.6 Å². The molecule has 1 heterocycles. The van der Waals surface area contributed by atoms with Crippen LogP contribution in [0.4, 0.5) is 0 Å². The maximum atomic E-state index is 5.57. The van der Waals surface area contributed by atoms with Gasteiger partial charge in [0.1, 0.15) is 0 Å². The van der Waals surface area contributed by atoms with Gasteiger partial charge in [-0.2, -0.15) is 11.8 Å². The molecule has 0 unspecified atom stereocenters. The minimum absolute atomic E-state index is 0.475. The molecule has 0 aliphatic heterocycles. The first-order valence-corrected chi connectivity index (χ1v) is 6.67. The monoisotopic (exact) mass is 256 g/mol. The Morgan fingerprint density at radius 3 is 2.94 bits per heavy atom. The van der Waals surface area contributed by atoms with Gasteiger partial charge in [-0.25, -0.2) is 0 Å². The molecule has 1 rings (SSSR count). The van der Waals surface area contributed by atoms with Crippen molar-refractivity contribution in [2.45, 2.75) is 12.7 Å². The first kappa shape index (κ1) is 13.2. The van der Waals surface area contributed by atoms with Crippen molar-refractivity contribution < 1.29 is 0 Å². The van der Waals surface area contributed by atoms with Gasteiger partial charge in [0.2, 0.25) is 0 Å². The van der Waals surface area contributed by atoms with Gasteiger partial charge in [0.05, 0.1) is 5.69 Å². The summed E-state index contributed by atoms with van der Waals surface area (Å²) in [6, 6.07) is 0. The second kappa shape index (κ2) is 7.40. The van der Waals surface area contributed by atoms with Gasteiger partial charge in [0.25, 0.3) is 0 Å². The van der Waals surface area contributed by atoms with Crippen LogP contribution in [0.2, 0.25) is 0 Å². The molecular weight excluding hydrogens is 240 g/mol. The minimum atomic E-state index is 0.475. The lowest BCUT2D eigenvalue weighted by Gasteiger charge is -2.20. The van der Waals surface area contributed by atoms with Crippen LogP contribution >= 0.6 is 24.0 Å². The number of aromatic nitrogens is 2. The van der Waals surface area contributed by atoms with E-state index in [9.17, 15) is 0 Å². The van der Waals surface area contributed by atoms with E-state index in [0.717, 1.165) is 30.3 Å². The van der Waals surface area contributed by atoms with Crippen molar-refractivity contribution in [3.63, 3.8) is 0 Å². The molecule has 0 saturated heterocycles. The Balaban J connectivity index is 2.19. The maximum Gasteiger partial charge on any atom is 0.166 e. The third-order valence-electron chi connectivity index (χ3n) is 2.07. The van der Waals surface area contributed by atoms with Gasteiger partial charge in [-0.05, 0) is 19.1 Å². The predicted octanol–water partition coefficient (Wildman–Crippen LogP) is 1.28. The van der Waals surface area contributed by atoms with Crippen LogP contribution < -0.4 is 5.73 Å². The van der Waals surface area contributed by atoms with Crippen molar-refractivity contribution in [3.05, 3.63) is 24.3 Å². The van der Waals surface area contributed by atoms with E-state index in [1.54, 1.807) is 18.6 Å². The molecule has 6 heteroatoms. The van der Waals surface area contributed by atoms with Gasteiger partial charge in [-0.3, -0.25) is 9.97 Å². The number of rotatable bonds is 6. The summed E-state index contributed by atoms with van der Waals surface area (Å²) in [6.45, 7) is 3.80. The molecule has 0 aromatic carbocycles. The average molecular weight is 256 g/mol. The molecule has 88 valence electrons. The van der Waals surface area contributed by atoms with Crippen LogP contribution in [0.5, 0.6) is 0 Å². The topological polar surface area (TPSA) is 55.0 Å². The average Bonchev–Trinajstić information content (AvgIpc) is 2.30. The van der Waals surface area contributed by atoms with E-state index in [1.807, 2.05) is 23.6 Å². The quantitative estimate of drug-likeness (QED) is 0.611. The molecule has 4 nitrogen and oxygen atoms in total. The summed E-state index contributed by atoms with van der Waals surface area (Å²) in [5.41, 5.74) is 6.57. The fourth-order valence-corrected chi connectivity index (χ4v) is 2.25. The summed E-state index contributed by atoms with van der Waals surface area (Å²) >= 11 is 6.74. The molecule has 16 heavy (non-hydrogen) atoms. The Morgan fingerprint density at radius 1 is 1.56 bits per heavy atom. The maximum absolute atomic E-state index is 5.57. The Hall–Kier alpha value is -0.880. The lowest BCUT2D eigenvalue weighted by atomic mass is 10.5. The van der Waals surface area contributed by atoms with Crippen LogP contribution in [-0.4, -0.2) is 38.8 Å². The fraction of sp³-hybridized carbons (Fsp3) is 0.500. The van der Waals surface area contributed by atoms with Gasteiger partial charge < -0.3 is 10.6 Å². The van der Waals surface area contributed by atoms with Gasteiger partial charge in [0, 0.05) is 43.2 Å². The molecule has 0 amide bonds. The molecule has 2 N–H and O–H groups in total. The lowest BCUT2D eigenvalue weighted by molar-refractivity contribution is 0.473. The molecule has 0 aliphatic rings. The summed E-state index contributed by atoms with van der Waals surface area (Å²) in [6.07, 6.45) is 5.18. The SMILES string of the molecule is CCN(CCSCc1cnccn1)C(N)=S. The molecule has 0 bridgehead atoms. The number of nitrogens with two attached hydrogens (primary N) is 1. The summed E-state index contributed by atoms with van der Waals surface area (Å²) in [5.74, 6) is 1.87. The van der Waals surface area contributed by atoms with Crippen molar-refractivity contribution >= 4 is 29.1 Å². The summed E-state index contributed by atoms with van der Waals surface area (Å²) < 4.78 is 0. The zero-order valence-corrected chi connectivity index (χ0v) is 10.9. The molecular formula is C10H16N4S2. The lowest BCUT2D eigenvalue weighted by Crippen LogP contribution is -2.36. The highest BCUT2D eigenvalue weighted by atomic mass is 32.2. The van der Waals surface area contributed by atoms with Crippen LogP contribution in [0.25, 0.3) is 0 Å². The Morgan fingerprint density at radius 2 is 2.38 bits per heavy atom. The van der Waals surface area contributed by atoms with Gasteiger partial charge in [-0.1, -0.05) is 0 Å². The van der Waals surface area contributed by atoms with Crippen LogP contribution in [0.1, 0.15) is 12.6 Å². The van der Waals surface area contributed by atoms with Crippen molar-refractivity contribution in [1.82, 2.24) is 14.9 Å². The number of nitrogens with zero attached hydrogens (tertiary/aromatic N) is 3. The van der Waals surface area contributed by atoms with E-state index in [4.69, 9.17) is 18.0 Å². The van der Waals surface area contributed by atoms with E-state index in [-0.39, 0.29) is 0 Å². The van der Waals surface area contributed by atoms with Crippen LogP contribution in [0.3, 0.4) is 0 Å². The highest BCUT2D eigenvalue weighted by Crippen LogP contribution is 2.08. The molecule has 0 atom stereocenters. The largest absolute Gasteiger partial charge is 0.376 e. The normalized spacial score (nSPS) is 10.1. The number of hydrogen-bond acceptors (Lipinski definition) is 4. The van der Waals surface area contributed by atoms with E-state index in [2.05, 4.69) is 9.97 Å². The first-order valence-electron chi connectivity index (χ1n) is 5.11. The summed E-state index contributed by atoms with van der Waals surface area (Å²) in [5, 5.41) is 0.475. The van der Waals surface area contributed by atoms with E-state index >= 15 is 0 Å². The molecule has 1 aromatic heterocycles. The van der Waals surface area contributed by atoms with Gasteiger partial charge in [0.15, 0.2) is 5.11 Å². The molecule has 0 spiro atoms. The van der Waals surface area contributed by atoms with Gasteiger partial charge in [-0.15, -0.1) is 0 Å². The van der Waals surface area contributed by atoms with Crippen molar-refractivity contribution in [2.75, 3.05) is 18.8 Å². The van der Waals surface area contributed by atoms with Crippen LogP contribution in [0, 0.1) is 0 Å². The van der Waals surface area contributed by atoms with E-state index in [0.29, 0.717) is 5.11 Å². The minimum Gasteiger partial charge on any atom is -0.376 e. The highest BCUT2D eigenvalue weighted by Gasteiger charge is 2.02. The molecule has 0 radical (unpaired) electrons. The predicted molar refractivity (Wildman–Crippen MR) is 72.2 cm³/mol. The second-order valence-electron chi connectivity index (χ2n) is 3.17. The first-order chi connectivity index (χ1) is 7.74. The fourth-order valence-electron chi connectivity index (χ4n) is 1.18. The molecule has 0 saturated carbocycles. The third kappa shape index (κ3) is 4.76. The number of hydrogen-bond donors (Lipinski definition) is 1. The highest BCUT2D eigenvalue weighted by molar-refractivity contribution is 7.98. The molecule has 0 aliphatic carbocycles. The second-order valence-corrected chi connectivity index (χ2v) is 4.69. The van der Waals surface area contributed by atoms with Crippen LogP contribution in [-0.2, 0) is 5.75 Å². The van der Waals surface area contributed by atoms with E-state index in [1.165, 1.54) is 0 Å². The smallest absolute Gasteiger partial charge is 0.166 e. The zero-order chi connectivity index (χ0) is 11.8. The van der Waals surface area contributed by atoms with E-state index < -0.39 is 0 Å².